The number of rotatable bonds is 8. The molecular weight excluding hydrogens is 468 g/mol. The fourth-order valence-electron chi connectivity index (χ4n) is 3.38. The summed E-state index contributed by atoms with van der Waals surface area (Å²) in [6, 6.07) is 15.6. The third-order valence-corrected chi connectivity index (χ3v) is 5.24. The number of fused-ring (bicyclic) bond motifs is 1. The number of imidazole rings is 1. The van der Waals surface area contributed by atoms with Gasteiger partial charge in [-0.05, 0) is 42.5 Å². The Labute approximate surface area is 198 Å². The normalized spacial score (nSPS) is 12.2. The molecule has 0 bridgehead atoms. The van der Waals surface area contributed by atoms with E-state index < -0.39 is 25.0 Å². The molecule has 0 spiro atoms. The summed E-state index contributed by atoms with van der Waals surface area (Å²) in [6.07, 6.45) is -3.77. The molecule has 0 aliphatic heterocycles. The van der Waals surface area contributed by atoms with E-state index in [0.717, 1.165) is 0 Å². The summed E-state index contributed by atoms with van der Waals surface area (Å²) in [5, 5.41) is 21.3. The summed E-state index contributed by atoms with van der Waals surface area (Å²) in [5.41, 5.74) is 1.44. The van der Waals surface area contributed by atoms with Gasteiger partial charge in [0, 0.05) is 27.9 Å². The predicted octanol–water partition coefficient (Wildman–Crippen LogP) is 4.81. The number of aromatic nitrogens is 2. The number of aromatic amines is 1. The number of carbonyl (C=O) groups is 1. The molecular formula is C24H20ClF2N3O4. The average Bonchev–Trinajstić information content (AvgIpc) is 3.26. The number of hydrogen-bond acceptors (Lipinski definition) is 5. The van der Waals surface area contributed by atoms with Gasteiger partial charge in [0.05, 0.1) is 17.7 Å². The summed E-state index contributed by atoms with van der Waals surface area (Å²) in [7, 11) is 0. The van der Waals surface area contributed by atoms with Gasteiger partial charge in [0.15, 0.2) is 0 Å². The molecule has 1 unspecified atom stereocenters. The molecule has 0 saturated carbocycles. The molecule has 0 fully saturated rings. The number of carbonyl (C=O) groups excluding carboxylic acids is 1. The zero-order chi connectivity index (χ0) is 24.2. The maximum Gasteiger partial charge on any atom is 0.264 e. The minimum absolute atomic E-state index is 0.103. The van der Waals surface area contributed by atoms with Crippen molar-refractivity contribution < 1.29 is 28.5 Å². The Morgan fingerprint density at radius 1 is 1.15 bits per heavy atom. The molecule has 0 saturated heterocycles. The fraction of sp³-hybridized carbons (Fsp3) is 0.167. The second kappa shape index (κ2) is 10.2. The van der Waals surface area contributed by atoms with E-state index in [1.165, 1.54) is 18.2 Å². The van der Waals surface area contributed by atoms with Crippen LogP contribution in [0.2, 0.25) is 5.02 Å². The Balaban J connectivity index is 1.61. The highest BCUT2D eigenvalue weighted by molar-refractivity contribution is 6.30. The Morgan fingerprint density at radius 3 is 2.71 bits per heavy atom. The number of halogens is 3. The van der Waals surface area contributed by atoms with Crippen molar-refractivity contribution in [2.75, 3.05) is 18.5 Å². The number of benzene rings is 3. The van der Waals surface area contributed by atoms with Crippen LogP contribution < -0.4 is 10.1 Å². The van der Waals surface area contributed by atoms with E-state index in [2.05, 4.69) is 15.3 Å². The number of nitrogens with zero attached hydrogens (tertiary/aromatic N) is 1. The van der Waals surface area contributed by atoms with Crippen LogP contribution in [0.5, 0.6) is 5.75 Å². The highest BCUT2D eigenvalue weighted by Gasteiger charge is 2.20. The number of amides is 1. The smallest absolute Gasteiger partial charge is 0.264 e. The van der Waals surface area contributed by atoms with Crippen LogP contribution in [0.3, 0.4) is 0 Å². The first-order valence-corrected chi connectivity index (χ1v) is 10.6. The minimum Gasteiger partial charge on any atom is -0.491 e. The second-order valence-electron chi connectivity index (χ2n) is 7.45. The first-order valence-electron chi connectivity index (χ1n) is 10.3. The van der Waals surface area contributed by atoms with Crippen LogP contribution in [-0.4, -0.2) is 45.4 Å². The largest absolute Gasteiger partial charge is 0.491 e. The topological polar surface area (TPSA) is 107 Å². The van der Waals surface area contributed by atoms with Gasteiger partial charge in [-0.1, -0.05) is 23.7 Å². The quantitative estimate of drug-likeness (QED) is 0.285. The van der Waals surface area contributed by atoms with Crippen LogP contribution in [0, 0.1) is 0 Å². The lowest BCUT2D eigenvalue weighted by atomic mass is 10.1. The van der Waals surface area contributed by atoms with E-state index in [0.29, 0.717) is 22.5 Å². The Kier molecular flexibility index (Phi) is 7.06. The molecule has 0 aliphatic carbocycles. The Hall–Kier alpha value is -3.53. The van der Waals surface area contributed by atoms with Gasteiger partial charge in [-0.2, -0.15) is 0 Å². The summed E-state index contributed by atoms with van der Waals surface area (Å²) in [4.78, 5) is 20.4. The maximum absolute atomic E-state index is 13.5. The molecule has 1 atom stereocenters. The number of hydrogen-bond donors (Lipinski definition) is 4. The molecule has 3 aromatic carbocycles. The number of para-hydroxylation sites is 1. The third kappa shape index (κ3) is 5.17. The molecule has 7 nitrogen and oxygen atoms in total. The number of aliphatic hydroxyl groups is 2. The van der Waals surface area contributed by atoms with Crippen LogP contribution in [0.1, 0.15) is 22.3 Å². The van der Waals surface area contributed by atoms with Crippen molar-refractivity contribution in [3.8, 4) is 17.1 Å². The molecule has 1 heterocycles. The summed E-state index contributed by atoms with van der Waals surface area (Å²) < 4.78 is 32.5. The number of anilines is 1. The lowest BCUT2D eigenvalue weighted by Crippen LogP contribution is -2.21. The SMILES string of the molecule is O=C(Nc1cccc(OCC(O)CO)c1)c1cccc2[nH]c(-c3ccc(Cl)cc3C(F)F)nc12. The molecule has 0 radical (unpaired) electrons. The van der Waals surface area contributed by atoms with Crippen LogP contribution in [0.25, 0.3) is 22.4 Å². The molecule has 1 amide bonds. The van der Waals surface area contributed by atoms with Crippen LogP contribution in [0.15, 0.2) is 60.7 Å². The van der Waals surface area contributed by atoms with Crippen molar-refractivity contribution in [1.29, 1.82) is 0 Å². The van der Waals surface area contributed by atoms with Gasteiger partial charge in [0.25, 0.3) is 12.3 Å². The van der Waals surface area contributed by atoms with E-state index in [1.807, 2.05) is 0 Å². The molecule has 10 heteroatoms. The monoisotopic (exact) mass is 487 g/mol. The van der Waals surface area contributed by atoms with Gasteiger partial charge in [-0.15, -0.1) is 0 Å². The van der Waals surface area contributed by atoms with Gasteiger partial charge in [0.2, 0.25) is 0 Å². The highest BCUT2D eigenvalue weighted by atomic mass is 35.5. The molecule has 4 rings (SSSR count). The molecule has 34 heavy (non-hydrogen) atoms. The van der Waals surface area contributed by atoms with Crippen molar-refractivity contribution in [2.24, 2.45) is 0 Å². The van der Waals surface area contributed by atoms with E-state index in [-0.39, 0.29) is 34.1 Å². The number of nitrogens with one attached hydrogen (secondary N) is 2. The van der Waals surface area contributed by atoms with Crippen molar-refractivity contribution in [1.82, 2.24) is 9.97 Å². The highest BCUT2D eigenvalue weighted by Crippen LogP contribution is 2.33. The molecule has 176 valence electrons. The first-order chi connectivity index (χ1) is 16.4. The van der Waals surface area contributed by atoms with Gasteiger partial charge >= 0.3 is 0 Å². The zero-order valence-corrected chi connectivity index (χ0v) is 18.4. The van der Waals surface area contributed by atoms with Crippen LogP contribution in [-0.2, 0) is 0 Å². The van der Waals surface area contributed by atoms with Gasteiger partial charge in [-0.3, -0.25) is 4.79 Å². The average molecular weight is 488 g/mol. The van der Waals surface area contributed by atoms with E-state index in [4.69, 9.17) is 21.4 Å². The van der Waals surface area contributed by atoms with Crippen molar-refractivity contribution in [3.05, 3.63) is 76.8 Å². The van der Waals surface area contributed by atoms with E-state index >= 15 is 0 Å². The van der Waals surface area contributed by atoms with Crippen molar-refractivity contribution >= 4 is 34.2 Å². The third-order valence-electron chi connectivity index (χ3n) is 5.01. The second-order valence-corrected chi connectivity index (χ2v) is 7.89. The van der Waals surface area contributed by atoms with Crippen LogP contribution >= 0.6 is 11.6 Å². The fourth-order valence-corrected chi connectivity index (χ4v) is 3.56. The van der Waals surface area contributed by atoms with Gasteiger partial charge < -0.3 is 25.3 Å². The lowest BCUT2D eigenvalue weighted by Gasteiger charge is -2.11. The molecule has 0 aliphatic rings. The number of H-pyrrole nitrogens is 1. The lowest BCUT2D eigenvalue weighted by molar-refractivity contribution is 0.0536. The minimum atomic E-state index is -2.75. The number of aliphatic hydroxyl groups excluding tert-OH is 2. The predicted molar refractivity (Wildman–Crippen MR) is 124 cm³/mol. The maximum atomic E-state index is 13.5. The summed E-state index contributed by atoms with van der Waals surface area (Å²) in [5.74, 6) is 0.134. The van der Waals surface area contributed by atoms with E-state index in [9.17, 15) is 18.7 Å². The van der Waals surface area contributed by atoms with Crippen LogP contribution in [0.4, 0.5) is 14.5 Å². The zero-order valence-electron chi connectivity index (χ0n) is 17.6. The number of ether oxygens (including phenoxy) is 1. The first kappa shape index (κ1) is 23.6. The van der Waals surface area contributed by atoms with Gasteiger partial charge in [0.1, 0.15) is 29.8 Å². The summed E-state index contributed by atoms with van der Waals surface area (Å²) in [6.45, 7) is -0.532. The molecule has 4 aromatic rings. The summed E-state index contributed by atoms with van der Waals surface area (Å²) >= 11 is 5.88. The number of alkyl halides is 2. The van der Waals surface area contributed by atoms with E-state index in [1.54, 1.807) is 42.5 Å². The van der Waals surface area contributed by atoms with Crippen molar-refractivity contribution in [2.45, 2.75) is 12.5 Å². The Morgan fingerprint density at radius 2 is 1.94 bits per heavy atom. The Bertz CT molecular complexity index is 1330. The van der Waals surface area contributed by atoms with Gasteiger partial charge in [-0.25, -0.2) is 13.8 Å². The molecule has 4 N–H and O–H groups in total. The molecule has 1 aromatic heterocycles. The standard InChI is InChI=1S/C24H20ClF2N3O4/c25-13-7-8-17(19(9-13)22(26)27)23-29-20-6-2-5-18(21(20)30-23)24(33)28-14-3-1-4-16(10-14)34-12-15(32)11-31/h1-10,15,22,31-32H,11-12H2,(H,28,33)(H,29,30). The van der Waals surface area contributed by atoms with Crippen molar-refractivity contribution in [3.63, 3.8) is 0 Å².